The third-order valence-corrected chi connectivity index (χ3v) is 3.85. The molecule has 2 aromatic heterocycles. The van der Waals surface area contributed by atoms with Crippen molar-refractivity contribution < 1.29 is 9.90 Å². The highest BCUT2D eigenvalue weighted by atomic mass is 16.4. The number of hydrogen-bond donors (Lipinski definition) is 1. The molecule has 5 heteroatoms. The number of pyridine rings is 2. The first-order valence-corrected chi connectivity index (χ1v) is 7.08. The fourth-order valence-electron chi connectivity index (χ4n) is 2.93. The molecule has 0 spiro atoms. The minimum absolute atomic E-state index is 0.212. The summed E-state index contributed by atoms with van der Waals surface area (Å²) in [6.07, 6.45) is 5.02. The predicted octanol–water partition coefficient (Wildman–Crippen LogP) is 2.12. The van der Waals surface area contributed by atoms with Crippen LogP contribution in [0.25, 0.3) is 0 Å². The van der Waals surface area contributed by atoms with Crippen LogP contribution in [0.4, 0.5) is 0 Å². The van der Waals surface area contributed by atoms with Crippen LogP contribution >= 0.6 is 0 Å². The lowest BCUT2D eigenvalue weighted by molar-refractivity contribution is -0.142. The van der Waals surface area contributed by atoms with Gasteiger partial charge in [-0.05, 0) is 37.1 Å². The van der Waals surface area contributed by atoms with Gasteiger partial charge in [0.1, 0.15) is 6.04 Å². The zero-order valence-corrected chi connectivity index (χ0v) is 11.6. The van der Waals surface area contributed by atoms with Crippen molar-refractivity contribution in [3.8, 4) is 0 Å². The Morgan fingerprint density at radius 2 is 1.76 bits per heavy atom. The van der Waals surface area contributed by atoms with E-state index in [2.05, 4.69) is 9.97 Å². The molecule has 1 aliphatic heterocycles. The normalized spacial score (nSPS) is 19.0. The van der Waals surface area contributed by atoms with Crippen LogP contribution in [0.2, 0.25) is 0 Å². The van der Waals surface area contributed by atoms with E-state index in [0.29, 0.717) is 6.42 Å². The monoisotopic (exact) mass is 283 g/mol. The van der Waals surface area contributed by atoms with E-state index in [1.165, 1.54) is 0 Å². The standard InChI is InChI=1S/C16H17N3O2/c20-16(21)14-8-5-11-19(14)15(12-6-1-3-9-17-12)13-7-2-4-10-18-13/h1-4,6-7,9-10,14-15H,5,8,11H2,(H,20,21). The molecule has 1 atom stereocenters. The molecule has 0 amide bonds. The van der Waals surface area contributed by atoms with Crippen LogP contribution in [0.3, 0.4) is 0 Å². The predicted molar refractivity (Wildman–Crippen MR) is 77.7 cm³/mol. The molecule has 3 heterocycles. The highest BCUT2D eigenvalue weighted by molar-refractivity contribution is 5.74. The first kappa shape index (κ1) is 13.7. The van der Waals surface area contributed by atoms with Gasteiger partial charge >= 0.3 is 5.97 Å². The summed E-state index contributed by atoms with van der Waals surface area (Å²) >= 11 is 0. The number of carboxylic acid groups (broad SMARTS) is 1. The Morgan fingerprint density at radius 1 is 1.14 bits per heavy atom. The Hall–Kier alpha value is -2.27. The summed E-state index contributed by atoms with van der Waals surface area (Å²) in [5, 5.41) is 9.44. The zero-order valence-electron chi connectivity index (χ0n) is 11.6. The third-order valence-electron chi connectivity index (χ3n) is 3.85. The molecule has 2 aromatic rings. The number of aromatic nitrogens is 2. The Bertz CT molecular complexity index is 564. The summed E-state index contributed by atoms with van der Waals surface area (Å²) in [4.78, 5) is 22.3. The largest absolute Gasteiger partial charge is 0.480 e. The number of nitrogens with zero attached hydrogens (tertiary/aromatic N) is 3. The van der Waals surface area contributed by atoms with Crippen LogP contribution < -0.4 is 0 Å². The maximum absolute atomic E-state index is 11.5. The van der Waals surface area contributed by atoms with Gasteiger partial charge in [0, 0.05) is 18.9 Å². The lowest BCUT2D eigenvalue weighted by Gasteiger charge is -2.30. The van der Waals surface area contributed by atoms with Gasteiger partial charge in [-0.15, -0.1) is 0 Å². The molecule has 1 unspecified atom stereocenters. The van der Waals surface area contributed by atoms with Crippen molar-refractivity contribution in [2.45, 2.75) is 24.9 Å². The van der Waals surface area contributed by atoms with Crippen LogP contribution in [0.15, 0.2) is 48.8 Å². The van der Waals surface area contributed by atoms with E-state index in [-0.39, 0.29) is 6.04 Å². The third kappa shape index (κ3) is 2.78. The summed E-state index contributed by atoms with van der Waals surface area (Å²) in [5.74, 6) is -0.774. The number of carbonyl (C=O) groups is 1. The molecular formula is C16H17N3O2. The van der Waals surface area contributed by atoms with Crippen molar-refractivity contribution in [2.75, 3.05) is 6.54 Å². The molecule has 0 radical (unpaired) electrons. The summed E-state index contributed by atoms with van der Waals surface area (Å²) < 4.78 is 0. The van der Waals surface area contributed by atoms with Crippen LogP contribution in [-0.2, 0) is 4.79 Å². The van der Waals surface area contributed by atoms with Gasteiger partial charge in [0.15, 0.2) is 0 Å². The molecule has 108 valence electrons. The summed E-state index contributed by atoms with van der Waals surface area (Å²) in [7, 11) is 0. The van der Waals surface area contributed by atoms with Gasteiger partial charge in [0.25, 0.3) is 0 Å². The first-order chi connectivity index (χ1) is 10.3. The van der Waals surface area contributed by atoms with Gasteiger partial charge in [-0.2, -0.15) is 0 Å². The van der Waals surface area contributed by atoms with E-state index < -0.39 is 12.0 Å². The van der Waals surface area contributed by atoms with Crippen LogP contribution in [0.5, 0.6) is 0 Å². The molecule has 1 fully saturated rings. The van der Waals surface area contributed by atoms with Gasteiger partial charge in [-0.25, -0.2) is 0 Å². The zero-order chi connectivity index (χ0) is 14.7. The van der Waals surface area contributed by atoms with E-state index in [1.54, 1.807) is 12.4 Å². The van der Waals surface area contributed by atoms with Gasteiger partial charge in [-0.3, -0.25) is 19.7 Å². The van der Waals surface area contributed by atoms with Crippen LogP contribution in [0.1, 0.15) is 30.3 Å². The molecule has 0 aliphatic carbocycles. The highest BCUT2D eigenvalue weighted by Gasteiger charge is 2.37. The SMILES string of the molecule is O=C(O)C1CCCN1C(c1ccccn1)c1ccccn1. The Labute approximate surface area is 123 Å². The second-order valence-electron chi connectivity index (χ2n) is 5.15. The van der Waals surface area contributed by atoms with Crippen LogP contribution in [0, 0.1) is 0 Å². The first-order valence-electron chi connectivity index (χ1n) is 7.08. The number of carboxylic acids is 1. The molecule has 1 N–H and O–H groups in total. The summed E-state index contributed by atoms with van der Waals surface area (Å²) in [5.41, 5.74) is 1.67. The fraction of sp³-hybridized carbons (Fsp3) is 0.312. The van der Waals surface area contributed by atoms with E-state index in [0.717, 1.165) is 24.4 Å². The average molecular weight is 283 g/mol. The maximum Gasteiger partial charge on any atom is 0.320 e. The molecule has 5 nitrogen and oxygen atoms in total. The van der Waals surface area contributed by atoms with Gasteiger partial charge < -0.3 is 5.11 Å². The van der Waals surface area contributed by atoms with Gasteiger partial charge in [0.05, 0.1) is 17.4 Å². The Kier molecular flexibility index (Phi) is 3.92. The van der Waals surface area contributed by atoms with Crippen molar-refractivity contribution in [2.24, 2.45) is 0 Å². The van der Waals surface area contributed by atoms with Crippen molar-refractivity contribution in [3.63, 3.8) is 0 Å². The molecule has 0 bridgehead atoms. The number of likely N-dealkylation sites (tertiary alicyclic amines) is 1. The second-order valence-corrected chi connectivity index (χ2v) is 5.15. The second kappa shape index (κ2) is 6.01. The van der Waals surface area contributed by atoms with E-state index in [9.17, 15) is 9.90 Å². The van der Waals surface area contributed by atoms with Gasteiger partial charge in [-0.1, -0.05) is 12.1 Å². The molecular weight excluding hydrogens is 266 g/mol. The lowest BCUT2D eigenvalue weighted by Crippen LogP contribution is -2.39. The fourth-order valence-corrected chi connectivity index (χ4v) is 2.93. The average Bonchev–Trinajstić information content (AvgIpc) is 2.99. The molecule has 0 saturated carbocycles. The number of hydrogen-bond acceptors (Lipinski definition) is 4. The smallest absolute Gasteiger partial charge is 0.320 e. The lowest BCUT2D eigenvalue weighted by atomic mass is 10.1. The molecule has 3 rings (SSSR count). The number of aliphatic carboxylic acids is 1. The van der Waals surface area contributed by atoms with Crippen molar-refractivity contribution in [1.29, 1.82) is 0 Å². The van der Waals surface area contributed by atoms with Crippen molar-refractivity contribution >= 4 is 5.97 Å². The molecule has 1 saturated heterocycles. The topological polar surface area (TPSA) is 66.3 Å². The van der Waals surface area contributed by atoms with E-state index in [4.69, 9.17) is 0 Å². The molecule has 0 aromatic carbocycles. The summed E-state index contributed by atoms with van der Waals surface area (Å²) in [6.45, 7) is 0.745. The number of rotatable bonds is 4. The Morgan fingerprint density at radius 3 is 2.24 bits per heavy atom. The quantitative estimate of drug-likeness (QED) is 0.931. The minimum atomic E-state index is -0.774. The van der Waals surface area contributed by atoms with Crippen molar-refractivity contribution in [3.05, 3.63) is 60.2 Å². The maximum atomic E-state index is 11.5. The molecule has 1 aliphatic rings. The van der Waals surface area contributed by atoms with E-state index >= 15 is 0 Å². The minimum Gasteiger partial charge on any atom is -0.480 e. The van der Waals surface area contributed by atoms with E-state index in [1.807, 2.05) is 41.3 Å². The molecule has 21 heavy (non-hydrogen) atoms. The van der Waals surface area contributed by atoms with Crippen molar-refractivity contribution in [1.82, 2.24) is 14.9 Å². The Balaban J connectivity index is 2.03. The van der Waals surface area contributed by atoms with Crippen LogP contribution in [-0.4, -0.2) is 38.5 Å². The van der Waals surface area contributed by atoms with Gasteiger partial charge in [0.2, 0.25) is 0 Å². The highest BCUT2D eigenvalue weighted by Crippen LogP contribution is 2.32. The summed E-state index contributed by atoms with van der Waals surface area (Å²) in [6, 6.07) is 10.7.